The average Bonchev–Trinajstić information content (AvgIpc) is 3.00. The molecule has 0 amide bonds. The standard InChI is InChI=1S/C14H16ClN3S/c15-12-3-1-10(2-4-12)11-5-6-18(8-11)9-13-7-17-14(16)19-13/h1-4,7,11H,5-6,8-9H2,(H2,16,17). The zero-order valence-corrected chi connectivity index (χ0v) is 12.1. The molecule has 0 radical (unpaired) electrons. The first-order valence-corrected chi connectivity index (χ1v) is 7.58. The predicted octanol–water partition coefficient (Wildman–Crippen LogP) is 3.37. The van der Waals surface area contributed by atoms with E-state index < -0.39 is 0 Å². The molecule has 3 nitrogen and oxygen atoms in total. The quantitative estimate of drug-likeness (QED) is 0.943. The van der Waals surface area contributed by atoms with Crippen molar-refractivity contribution < 1.29 is 0 Å². The molecule has 0 saturated carbocycles. The van der Waals surface area contributed by atoms with Gasteiger partial charge in [0.05, 0.1) is 0 Å². The fourth-order valence-electron chi connectivity index (χ4n) is 2.60. The van der Waals surface area contributed by atoms with Crippen LogP contribution in [0.5, 0.6) is 0 Å². The first kappa shape index (κ1) is 12.9. The second-order valence-corrected chi connectivity index (χ2v) is 6.52. The van der Waals surface area contributed by atoms with E-state index in [2.05, 4.69) is 22.0 Å². The minimum Gasteiger partial charge on any atom is -0.375 e. The maximum atomic E-state index is 5.93. The Morgan fingerprint density at radius 3 is 2.84 bits per heavy atom. The molecule has 0 bridgehead atoms. The highest BCUT2D eigenvalue weighted by atomic mass is 35.5. The lowest BCUT2D eigenvalue weighted by Gasteiger charge is -2.14. The molecule has 1 aromatic carbocycles. The summed E-state index contributed by atoms with van der Waals surface area (Å²) in [6, 6.07) is 8.23. The first-order valence-electron chi connectivity index (χ1n) is 6.39. The lowest BCUT2D eigenvalue weighted by molar-refractivity contribution is 0.329. The normalized spacial score (nSPS) is 19.9. The van der Waals surface area contributed by atoms with E-state index in [1.54, 1.807) is 11.3 Å². The van der Waals surface area contributed by atoms with Crippen LogP contribution in [-0.4, -0.2) is 23.0 Å². The van der Waals surface area contributed by atoms with Gasteiger partial charge in [-0.05, 0) is 36.6 Å². The van der Waals surface area contributed by atoms with Gasteiger partial charge < -0.3 is 5.73 Å². The highest BCUT2D eigenvalue weighted by Crippen LogP contribution is 2.29. The van der Waals surface area contributed by atoms with Crippen molar-refractivity contribution in [3.8, 4) is 0 Å². The highest BCUT2D eigenvalue weighted by Gasteiger charge is 2.24. The third kappa shape index (κ3) is 3.08. The van der Waals surface area contributed by atoms with Gasteiger partial charge in [0.15, 0.2) is 5.13 Å². The summed E-state index contributed by atoms with van der Waals surface area (Å²) in [4.78, 5) is 7.81. The molecule has 1 saturated heterocycles. The molecule has 19 heavy (non-hydrogen) atoms. The van der Waals surface area contributed by atoms with E-state index in [1.165, 1.54) is 16.9 Å². The van der Waals surface area contributed by atoms with Crippen molar-refractivity contribution in [2.75, 3.05) is 18.8 Å². The van der Waals surface area contributed by atoms with Gasteiger partial charge in [-0.1, -0.05) is 23.7 Å². The maximum absolute atomic E-state index is 5.93. The van der Waals surface area contributed by atoms with Gasteiger partial charge in [-0.25, -0.2) is 4.98 Å². The molecule has 1 aliphatic heterocycles. The van der Waals surface area contributed by atoms with Crippen LogP contribution < -0.4 is 5.73 Å². The summed E-state index contributed by atoms with van der Waals surface area (Å²) < 4.78 is 0. The summed E-state index contributed by atoms with van der Waals surface area (Å²) in [5, 5.41) is 1.46. The van der Waals surface area contributed by atoms with Crippen LogP contribution in [0.3, 0.4) is 0 Å². The number of hydrogen-bond acceptors (Lipinski definition) is 4. The molecule has 100 valence electrons. The monoisotopic (exact) mass is 293 g/mol. The molecular weight excluding hydrogens is 278 g/mol. The number of nitrogens with two attached hydrogens (primary N) is 1. The molecule has 1 fully saturated rings. The van der Waals surface area contributed by atoms with E-state index >= 15 is 0 Å². The van der Waals surface area contributed by atoms with Crippen LogP contribution in [-0.2, 0) is 6.54 Å². The Morgan fingerprint density at radius 1 is 1.37 bits per heavy atom. The predicted molar refractivity (Wildman–Crippen MR) is 80.6 cm³/mol. The van der Waals surface area contributed by atoms with Crippen LogP contribution in [0.4, 0.5) is 5.13 Å². The van der Waals surface area contributed by atoms with Crippen molar-refractivity contribution in [1.82, 2.24) is 9.88 Å². The number of thiazole rings is 1. The van der Waals surface area contributed by atoms with Crippen LogP contribution in [0.2, 0.25) is 5.02 Å². The fourth-order valence-corrected chi connectivity index (χ4v) is 3.45. The number of nitrogen functional groups attached to an aromatic ring is 1. The molecule has 3 rings (SSSR count). The smallest absolute Gasteiger partial charge is 0.180 e. The third-order valence-electron chi connectivity index (χ3n) is 3.56. The van der Waals surface area contributed by atoms with Crippen molar-refractivity contribution in [2.45, 2.75) is 18.9 Å². The minimum absolute atomic E-state index is 0.613. The summed E-state index contributed by atoms with van der Waals surface area (Å²) in [6.45, 7) is 3.18. The number of nitrogens with zero attached hydrogens (tertiary/aromatic N) is 2. The molecule has 2 aromatic rings. The van der Waals surface area contributed by atoms with E-state index in [9.17, 15) is 0 Å². The van der Waals surface area contributed by atoms with Crippen LogP contribution in [0.25, 0.3) is 0 Å². The van der Waals surface area contributed by atoms with Crippen LogP contribution >= 0.6 is 22.9 Å². The van der Waals surface area contributed by atoms with Gasteiger partial charge in [0, 0.05) is 29.2 Å². The number of halogens is 1. The minimum atomic E-state index is 0.613. The molecule has 1 unspecified atom stereocenters. The molecule has 2 N–H and O–H groups in total. The van der Waals surface area contributed by atoms with Gasteiger partial charge in [-0.2, -0.15) is 0 Å². The summed E-state index contributed by atoms with van der Waals surface area (Å²) >= 11 is 7.51. The zero-order chi connectivity index (χ0) is 13.2. The van der Waals surface area contributed by atoms with Crippen LogP contribution in [0.15, 0.2) is 30.5 Å². The Balaban J connectivity index is 1.62. The third-order valence-corrected chi connectivity index (χ3v) is 4.63. The first-order chi connectivity index (χ1) is 9.20. The van der Waals surface area contributed by atoms with Gasteiger partial charge in [-0.3, -0.25) is 4.90 Å². The molecule has 1 atom stereocenters. The van der Waals surface area contributed by atoms with Crippen molar-refractivity contribution in [1.29, 1.82) is 0 Å². The maximum Gasteiger partial charge on any atom is 0.180 e. The lowest BCUT2D eigenvalue weighted by Crippen LogP contribution is -2.19. The Morgan fingerprint density at radius 2 is 2.16 bits per heavy atom. The molecule has 1 aromatic heterocycles. The molecule has 5 heteroatoms. The number of hydrogen-bond donors (Lipinski definition) is 1. The summed E-state index contributed by atoms with van der Waals surface area (Å²) in [5.41, 5.74) is 7.05. The van der Waals surface area contributed by atoms with Gasteiger partial charge in [0.25, 0.3) is 0 Å². The molecular formula is C14H16ClN3S. The Labute approximate surface area is 122 Å². The number of likely N-dealkylation sites (tertiary alicyclic amines) is 1. The van der Waals surface area contributed by atoms with Crippen molar-refractivity contribution >= 4 is 28.1 Å². The molecule has 1 aliphatic rings. The second kappa shape index (κ2) is 5.49. The largest absolute Gasteiger partial charge is 0.375 e. The Hall–Kier alpha value is -1.10. The van der Waals surface area contributed by atoms with Gasteiger partial charge in [-0.15, -0.1) is 11.3 Å². The Kier molecular flexibility index (Phi) is 3.73. The number of aromatic nitrogens is 1. The summed E-state index contributed by atoms with van der Waals surface area (Å²) in [6.07, 6.45) is 3.09. The zero-order valence-electron chi connectivity index (χ0n) is 10.6. The van der Waals surface area contributed by atoms with Gasteiger partial charge >= 0.3 is 0 Å². The average molecular weight is 294 g/mol. The SMILES string of the molecule is Nc1ncc(CN2CCC(c3ccc(Cl)cc3)C2)s1. The molecule has 0 aliphatic carbocycles. The summed E-state index contributed by atoms with van der Waals surface area (Å²) in [7, 11) is 0. The van der Waals surface area contributed by atoms with E-state index in [4.69, 9.17) is 17.3 Å². The van der Waals surface area contributed by atoms with Crippen molar-refractivity contribution in [2.24, 2.45) is 0 Å². The second-order valence-electron chi connectivity index (χ2n) is 4.94. The summed E-state index contributed by atoms with van der Waals surface area (Å²) in [5.74, 6) is 0.613. The van der Waals surface area contributed by atoms with Crippen LogP contribution in [0, 0.1) is 0 Å². The van der Waals surface area contributed by atoms with E-state index in [-0.39, 0.29) is 0 Å². The fraction of sp³-hybridized carbons (Fsp3) is 0.357. The Bertz CT molecular complexity index is 552. The van der Waals surface area contributed by atoms with Crippen molar-refractivity contribution in [3.63, 3.8) is 0 Å². The van der Waals surface area contributed by atoms with Crippen molar-refractivity contribution in [3.05, 3.63) is 45.9 Å². The van der Waals surface area contributed by atoms with E-state index in [1.807, 2.05) is 18.3 Å². The van der Waals surface area contributed by atoms with Gasteiger partial charge in [0.2, 0.25) is 0 Å². The van der Waals surface area contributed by atoms with E-state index in [0.717, 1.165) is 24.7 Å². The van der Waals surface area contributed by atoms with Crippen LogP contribution in [0.1, 0.15) is 22.8 Å². The number of rotatable bonds is 3. The lowest BCUT2D eigenvalue weighted by atomic mass is 9.99. The number of anilines is 1. The molecule has 0 spiro atoms. The molecule has 2 heterocycles. The number of benzene rings is 1. The highest BCUT2D eigenvalue weighted by molar-refractivity contribution is 7.15. The van der Waals surface area contributed by atoms with E-state index in [0.29, 0.717) is 11.0 Å². The topological polar surface area (TPSA) is 42.1 Å². The van der Waals surface area contributed by atoms with Gasteiger partial charge in [0.1, 0.15) is 0 Å².